The van der Waals surface area contributed by atoms with Crippen LogP contribution in [0.15, 0.2) is 42.5 Å². The van der Waals surface area contributed by atoms with Crippen LogP contribution in [0.25, 0.3) is 0 Å². The van der Waals surface area contributed by atoms with E-state index in [0.29, 0.717) is 0 Å². The molecule has 3 amide bonds. The highest BCUT2D eigenvalue weighted by atomic mass is 16.2. The largest absolute Gasteiger partial charge is 0.273 e. The summed E-state index contributed by atoms with van der Waals surface area (Å²) in [6, 6.07) is 9.30. The molecular weight excluding hydrogens is 304 g/mol. The maximum atomic E-state index is 12.7. The smallest absolute Gasteiger partial charge is 0.252 e. The Labute approximate surface area is 139 Å². The summed E-state index contributed by atoms with van der Waals surface area (Å²) >= 11 is 0. The van der Waals surface area contributed by atoms with E-state index in [2.05, 4.69) is 17.6 Å². The van der Waals surface area contributed by atoms with Crippen LogP contribution in [-0.4, -0.2) is 22.7 Å². The Kier molecular flexibility index (Phi) is 2.65. The number of carbonyl (C=O) groups is 3. The van der Waals surface area contributed by atoms with Gasteiger partial charge in [-0.3, -0.25) is 19.8 Å². The van der Waals surface area contributed by atoms with Gasteiger partial charge in [0.1, 0.15) is 0 Å². The number of nitrogens with one attached hydrogen (secondary N) is 1. The van der Waals surface area contributed by atoms with Crippen LogP contribution in [0.3, 0.4) is 0 Å². The molecule has 1 saturated heterocycles. The van der Waals surface area contributed by atoms with Gasteiger partial charge < -0.3 is 0 Å². The predicted octanol–water partition coefficient (Wildman–Crippen LogP) is 1.46. The zero-order valence-corrected chi connectivity index (χ0v) is 13.1. The first-order valence-electron chi connectivity index (χ1n) is 8.51. The number of carbonyl (C=O) groups excluding carboxylic acids is 3. The Hall–Kier alpha value is -2.43. The zero-order chi connectivity index (χ0) is 16.5. The Balaban J connectivity index is 1.33. The number of nitrogens with zero attached hydrogens (tertiary/aromatic N) is 1. The van der Waals surface area contributed by atoms with Crippen molar-refractivity contribution in [1.82, 2.24) is 10.4 Å². The molecule has 3 unspecified atom stereocenters. The standard InChI is InChI=1S/C19H18N2O3/c22-14(10-11-4-2-1-3-5-11)20-21-17(23)15-12-6-7-13(16(15)18(21)24)19(12)8-9-19/h1-7,12-13,15-16H,8-10H2,(H,20,22)/t12?,13?,15-,16?/m0/s1. The van der Waals surface area contributed by atoms with Gasteiger partial charge in [0.2, 0.25) is 5.91 Å². The van der Waals surface area contributed by atoms with Gasteiger partial charge in [0.15, 0.2) is 0 Å². The predicted molar refractivity (Wildman–Crippen MR) is 84.9 cm³/mol. The lowest BCUT2D eigenvalue weighted by molar-refractivity contribution is -0.150. The maximum Gasteiger partial charge on any atom is 0.252 e. The second-order valence-corrected chi connectivity index (χ2v) is 7.43. The second-order valence-electron chi connectivity index (χ2n) is 7.43. The van der Waals surface area contributed by atoms with E-state index < -0.39 is 0 Å². The third-order valence-corrected chi connectivity index (χ3v) is 6.30. The molecule has 1 spiro atoms. The van der Waals surface area contributed by atoms with Crippen LogP contribution in [0, 0.1) is 29.1 Å². The minimum absolute atomic E-state index is 0.155. The first-order valence-corrected chi connectivity index (χ1v) is 8.51. The number of imide groups is 1. The van der Waals surface area contributed by atoms with Crippen LogP contribution in [0.2, 0.25) is 0 Å². The van der Waals surface area contributed by atoms with E-state index in [1.165, 1.54) is 0 Å². The molecule has 5 heteroatoms. The van der Waals surface area contributed by atoms with Gasteiger partial charge in [-0.2, -0.15) is 5.01 Å². The summed E-state index contributed by atoms with van der Waals surface area (Å²) in [4.78, 5) is 37.7. The van der Waals surface area contributed by atoms with E-state index >= 15 is 0 Å². The number of allylic oxidation sites excluding steroid dienone is 2. The first-order chi connectivity index (χ1) is 11.6. The molecule has 2 bridgehead atoms. The molecule has 1 N–H and O–H groups in total. The van der Waals surface area contributed by atoms with Gasteiger partial charge in [0, 0.05) is 0 Å². The van der Waals surface area contributed by atoms with Crippen molar-refractivity contribution >= 4 is 17.7 Å². The molecule has 3 fully saturated rings. The molecule has 4 aliphatic rings. The molecule has 0 aromatic heterocycles. The average Bonchev–Trinajstić information content (AvgIpc) is 3.19. The third-order valence-electron chi connectivity index (χ3n) is 6.30. The van der Waals surface area contributed by atoms with Gasteiger partial charge in [-0.25, -0.2) is 0 Å². The van der Waals surface area contributed by atoms with Gasteiger partial charge in [-0.15, -0.1) is 0 Å². The monoisotopic (exact) mass is 322 g/mol. The number of hydrogen-bond donors (Lipinski definition) is 1. The lowest BCUT2D eigenvalue weighted by Crippen LogP contribution is -2.48. The van der Waals surface area contributed by atoms with Crippen molar-refractivity contribution in [1.29, 1.82) is 0 Å². The van der Waals surface area contributed by atoms with E-state index in [1.54, 1.807) is 0 Å². The van der Waals surface area contributed by atoms with E-state index in [4.69, 9.17) is 0 Å². The molecule has 1 heterocycles. The molecule has 24 heavy (non-hydrogen) atoms. The Bertz CT molecular complexity index is 747. The van der Waals surface area contributed by atoms with Crippen LogP contribution in [0.1, 0.15) is 18.4 Å². The third kappa shape index (κ3) is 1.67. The van der Waals surface area contributed by atoms with E-state index in [1.807, 2.05) is 30.3 Å². The fraction of sp³-hybridized carbons (Fsp3) is 0.421. The van der Waals surface area contributed by atoms with Crippen molar-refractivity contribution < 1.29 is 14.4 Å². The van der Waals surface area contributed by atoms with Crippen LogP contribution in [0.4, 0.5) is 0 Å². The summed E-state index contributed by atoms with van der Waals surface area (Å²) in [6.45, 7) is 0. The van der Waals surface area contributed by atoms with Gasteiger partial charge >= 0.3 is 0 Å². The maximum absolute atomic E-state index is 12.7. The zero-order valence-electron chi connectivity index (χ0n) is 13.1. The Morgan fingerprint density at radius 1 is 1.04 bits per heavy atom. The minimum atomic E-state index is -0.329. The van der Waals surface area contributed by atoms with Gasteiger partial charge in [0.25, 0.3) is 11.8 Å². The molecule has 4 atom stereocenters. The number of benzene rings is 1. The highest BCUT2D eigenvalue weighted by Gasteiger charge is 2.73. The fourth-order valence-corrected chi connectivity index (χ4v) is 5.13. The van der Waals surface area contributed by atoms with Crippen molar-refractivity contribution in [3.63, 3.8) is 0 Å². The van der Waals surface area contributed by atoms with Crippen LogP contribution in [-0.2, 0) is 20.8 Å². The molecule has 1 aliphatic heterocycles. The van der Waals surface area contributed by atoms with Gasteiger partial charge in [0.05, 0.1) is 18.3 Å². The Morgan fingerprint density at radius 2 is 1.62 bits per heavy atom. The fourth-order valence-electron chi connectivity index (χ4n) is 5.13. The lowest BCUT2D eigenvalue weighted by atomic mass is 9.85. The summed E-state index contributed by atoms with van der Waals surface area (Å²) in [7, 11) is 0. The highest BCUT2D eigenvalue weighted by molar-refractivity contribution is 6.07. The second kappa shape index (κ2) is 4.56. The molecule has 0 radical (unpaired) electrons. The molecule has 1 aromatic rings. The summed E-state index contributed by atoms with van der Waals surface area (Å²) in [5, 5.41) is 0.989. The molecule has 122 valence electrons. The SMILES string of the molecule is O=C(Cc1ccccc1)NN1C(=O)C2C3C=CC([C@@H]2C1=O)C31CC1. The molecule has 5 rings (SSSR count). The topological polar surface area (TPSA) is 66.5 Å². The van der Waals surface area contributed by atoms with Crippen LogP contribution >= 0.6 is 0 Å². The van der Waals surface area contributed by atoms with E-state index in [9.17, 15) is 14.4 Å². The van der Waals surface area contributed by atoms with Gasteiger partial charge in [-0.1, -0.05) is 42.5 Å². The normalized spacial score (nSPS) is 34.1. The number of amides is 3. The summed E-state index contributed by atoms with van der Waals surface area (Å²) in [5.74, 6) is -0.965. The van der Waals surface area contributed by atoms with Crippen molar-refractivity contribution in [2.45, 2.75) is 19.3 Å². The molecule has 2 saturated carbocycles. The van der Waals surface area contributed by atoms with Crippen molar-refractivity contribution in [2.24, 2.45) is 29.1 Å². The summed E-state index contributed by atoms with van der Waals surface area (Å²) in [6.07, 6.45) is 6.63. The van der Waals surface area contributed by atoms with E-state index in [-0.39, 0.29) is 53.2 Å². The number of hydrogen-bond acceptors (Lipinski definition) is 3. The number of hydrazine groups is 1. The van der Waals surface area contributed by atoms with Crippen molar-refractivity contribution in [3.8, 4) is 0 Å². The summed E-state index contributed by atoms with van der Waals surface area (Å²) in [5.41, 5.74) is 3.58. The van der Waals surface area contributed by atoms with Crippen molar-refractivity contribution in [2.75, 3.05) is 0 Å². The minimum Gasteiger partial charge on any atom is -0.273 e. The Morgan fingerprint density at radius 3 is 2.17 bits per heavy atom. The molecule has 3 aliphatic carbocycles. The first kappa shape index (κ1) is 14.0. The molecular formula is C19H18N2O3. The highest BCUT2D eigenvalue weighted by Crippen LogP contribution is 2.73. The average molecular weight is 322 g/mol. The lowest BCUT2D eigenvalue weighted by Gasteiger charge is -2.22. The van der Waals surface area contributed by atoms with Crippen LogP contribution < -0.4 is 5.43 Å². The van der Waals surface area contributed by atoms with Crippen LogP contribution in [0.5, 0.6) is 0 Å². The van der Waals surface area contributed by atoms with E-state index in [0.717, 1.165) is 23.4 Å². The summed E-state index contributed by atoms with van der Waals surface area (Å²) < 4.78 is 0. The molecule has 1 aromatic carbocycles. The molecule has 5 nitrogen and oxygen atoms in total. The van der Waals surface area contributed by atoms with Crippen molar-refractivity contribution in [3.05, 3.63) is 48.0 Å². The number of fused-ring (bicyclic) bond motifs is 3. The quantitative estimate of drug-likeness (QED) is 0.677. The van der Waals surface area contributed by atoms with Gasteiger partial charge in [-0.05, 0) is 35.7 Å². The number of rotatable bonds is 3.